The fraction of sp³-hybridized carbons (Fsp3) is 0.400. The van der Waals surface area contributed by atoms with Crippen LogP contribution in [0.25, 0.3) is 0 Å². The lowest BCUT2D eigenvalue weighted by Crippen LogP contribution is -1.90. The molecule has 0 aromatic carbocycles. The molecule has 0 fully saturated rings. The maximum absolute atomic E-state index is 9.71. The van der Waals surface area contributed by atoms with Gasteiger partial charge in [0, 0.05) is 6.42 Å². The van der Waals surface area contributed by atoms with Gasteiger partial charge in [0.05, 0.1) is 0 Å². The Bertz CT molecular complexity index is 80.5. The van der Waals surface area contributed by atoms with E-state index in [1.54, 1.807) is 6.08 Å². The maximum Gasteiger partial charge on any atom is 0.303 e. The van der Waals surface area contributed by atoms with Crippen molar-refractivity contribution in [3.8, 4) is 0 Å². The third kappa shape index (κ3) is 9.12. The first-order valence-electron chi connectivity index (χ1n) is 2.10. The first-order valence-corrected chi connectivity index (χ1v) is 2.10. The number of aliphatic carboxylic acids is 1. The molecular weight excluding hydrogens is 124 g/mol. The van der Waals surface area contributed by atoms with Crippen LogP contribution in [0.3, 0.4) is 0 Å². The molecule has 2 nitrogen and oxygen atoms in total. The van der Waals surface area contributed by atoms with Crippen LogP contribution < -0.4 is 0 Å². The Morgan fingerprint density at radius 2 is 2.25 bits per heavy atom. The smallest absolute Gasteiger partial charge is 0.303 e. The van der Waals surface area contributed by atoms with Crippen LogP contribution in [0.1, 0.15) is 12.8 Å². The molecule has 1 N–H and O–H groups in total. The van der Waals surface area contributed by atoms with Gasteiger partial charge in [-0.05, 0) is 6.42 Å². The SMILES string of the molecule is C=CCCC(=O)O.S. The summed E-state index contributed by atoms with van der Waals surface area (Å²) in [5.74, 6) is -0.764. The minimum atomic E-state index is -0.764. The molecule has 48 valence electrons. The van der Waals surface area contributed by atoms with Gasteiger partial charge in [-0.15, -0.1) is 6.58 Å². The highest BCUT2D eigenvalue weighted by Gasteiger charge is 1.89. The summed E-state index contributed by atoms with van der Waals surface area (Å²) >= 11 is 0. The Labute approximate surface area is 55.7 Å². The Morgan fingerprint density at radius 1 is 1.75 bits per heavy atom. The fourth-order valence-electron chi connectivity index (χ4n) is 0.226. The van der Waals surface area contributed by atoms with Crippen molar-refractivity contribution in [3.05, 3.63) is 12.7 Å². The number of rotatable bonds is 3. The highest BCUT2D eigenvalue weighted by Crippen LogP contribution is 1.86. The average molecular weight is 134 g/mol. The number of hydrogen-bond acceptors (Lipinski definition) is 1. The molecule has 0 bridgehead atoms. The lowest BCUT2D eigenvalue weighted by molar-refractivity contribution is -0.136. The van der Waals surface area contributed by atoms with Crippen molar-refractivity contribution in [2.24, 2.45) is 0 Å². The molecule has 0 aliphatic heterocycles. The Kier molecular flexibility index (Phi) is 8.63. The van der Waals surface area contributed by atoms with Gasteiger partial charge in [-0.1, -0.05) is 6.08 Å². The number of hydrogen-bond donors (Lipinski definition) is 1. The summed E-state index contributed by atoms with van der Waals surface area (Å²) in [6.45, 7) is 3.37. The average Bonchev–Trinajstić information content (AvgIpc) is 1.61. The number of allylic oxidation sites excluding steroid dienone is 1. The molecule has 3 heteroatoms. The summed E-state index contributed by atoms with van der Waals surface area (Å²) in [4.78, 5) is 9.71. The normalized spacial score (nSPS) is 7.00. The summed E-state index contributed by atoms with van der Waals surface area (Å²) in [6.07, 6.45) is 2.35. The van der Waals surface area contributed by atoms with Gasteiger partial charge < -0.3 is 5.11 Å². The Morgan fingerprint density at radius 3 is 2.38 bits per heavy atom. The van der Waals surface area contributed by atoms with Crippen LogP contribution in [-0.2, 0) is 4.79 Å². The Balaban J connectivity index is 0. The van der Waals surface area contributed by atoms with Crippen LogP contribution >= 0.6 is 13.5 Å². The van der Waals surface area contributed by atoms with Crippen LogP contribution in [0.15, 0.2) is 12.7 Å². The molecule has 0 saturated carbocycles. The molecule has 0 heterocycles. The van der Waals surface area contributed by atoms with E-state index in [-0.39, 0.29) is 19.9 Å². The van der Waals surface area contributed by atoms with E-state index in [0.717, 1.165) is 0 Å². The van der Waals surface area contributed by atoms with E-state index in [9.17, 15) is 4.79 Å². The van der Waals surface area contributed by atoms with Crippen molar-refractivity contribution in [1.82, 2.24) is 0 Å². The van der Waals surface area contributed by atoms with Crippen molar-refractivity contribution in [3.63, 3.8) is 0 Å². The zero-order valence-corrected chi connectivity index (χ0v) is 5.55. The lowest BCUT2D eigenvalue weighted by Gasteiger charge is -1.82. The van der Waals surface area contributed by atoms with E-state index in [1.807, 2.05) is 0 Å². The van der Waals surface area contributed by atoms with Crippen LogP contribution in [0.5, 0.6) is 0 Å². The van der Waals surface area contributed by atoms with Gasteiger partial charge in [0.1, 0.15) is 0 Å². The van der Waals surface area contributed by atoms with Crippen molar-refractivity contribution in [2.45, 2.75) is 12.8 Å². The summed E-state index contributed by atoms with van der Waals surface area (Å²) < 4.78 is 0. The van der Waals surface area contributed by atoms with Gasteiger partial charge in [-0.25, -0.2) is 0 Å². The van der Waals surface area contributed by atoms with E-state index >= 15 is 0 Å². The quantitative estimate of drug-likeness (QED) is 0.588. The van der Waals surface area contributed by atoms with Crippen molar-refractivity contribution in [1.29, 1.82) is 0 Å². The molecule has 0 rings (SSSR count). The number of carboxylic acids is 1. The number of carbonyl (C=O) groups is 1. The first kappa shape index (κ1) is 10.5. The minimum Gasteiger partial charge on any atom is -0.481 e. The van der Waals surface area contributed by atoms with E-state index in [1.165, 1.54) is 0 Å². The second-order valence-corrected chi connectivity index (χ2v) is 1.22. The van der Waals surface area contributed by atoms with Crippen LogP contribution in [0.4, 0.5) is 0 Å². The molecule has 8 heavy (non-hydrogen) atoms. The Hall–Kier alpha value is -0.440. The monoisotopic (exact) mass is 134 g/mol. The zero-order valence-electron chi connectivity index (χ0n) is 4.55. The van der Waals surface area contributed by atoms with Gasteiger partial charge in [-0.3, -0.25) is 4.79 Å². The molecule has 0 spiro atoms. The molecule has 0 aliphatic carbocycles. The molecular formula is C5H10O2S. The third-order valence-corrected chi connectivity index (χ3v) is 0.562. The van der Waals surface area contributed by atoms with Crippen LogP contribution in [0, 0.1) is 0 Å². The van der Waals surface area contributed by atoms with E-state index < -0.39 is 5.97 Å². The summed E-state index contributed by atoms with van der Waals surface area (Å²) in [5.41, 5.74) is 0. The standard InChI is InChI=1S/C5H8O2.H2S/c1-2-3-4-5(6)7;/h2H,1,3-4H2,(H,6,7);1H2. The van der Waals surface area contributed by atoms with Crippen LogP contribution in [0.2, 0.25) is 0 Å². The van der Waals surface area contributed by atoms with Crippen molar-refractivity contribution in [2.75, 3.05) is 0 Å². The highest BCUT2D eigenvalue weighted by atomic mass is 32.1. The van der Waals surface area contributed by atoms with Gasteiger partial charge in [0.2, 0.25) is 0 Å². The van der Waals surface area contributed by atoms with E-state index in [2.05, 4.69) is 6.58 Å². The topological polar surface area (TPSA) is 37.3 Å². The van der Waals surface area contributed by atoms with E-state index in [0.29, 0.717) is 6.42 Å². The van der Waals surface area contributed by atoms with Crippen molar-refractivity contribution >= 4 is 19.5 Å². The zero-order chi connectivity index (χ0) is 5.70. The molecule has 0 radical (unpaired) electrons. The number of carboxylic acid groups (broad SMARTS) is 1. The van der Waals surface area contributed by atoms with Gasteiger partial charge in [-0.2, -0.15) is 13.5 Å². The molecule has 0 saturated heterocycles. The largest absolute Gasteiger partial charge is 0.481 e. The van der Waals surface area contributed by atoms with Crippen molar-refractivity contribution < 1.29 is 9.90 Å². The molecule has 0 aliphatic rings. The summed E-state index contributed by atoms with van der Waals surface area (Å²) in [7, 11) is 0. The predicted molar refractivity (Wildman–Crippen MR) is 37.4 cm³/mol. The molecule has 0 amide bonds. The highest BCUT2D eigenvalue weighted by molar-refractivity contribution is 7.59. The third-order valence-electron chi connectivity index (χ3n) is 0.562. The molecule has 0 aromatic heterocycles. The molecule has 0 atom stereocenters. The van der Waals surface area contributed by atoms with E-state index in [4.69, 9.17) is 5.11 Å². The van der Waals surface area contributed by atoms with Crippen LogP contribution in [-0.4, -0.2) is 11.1 Å². The minimum absolute atomic E-state index is 0. The fourth-order valence-corrected chi connectivity index (χ4v) is 0.226. The second kappa shape index (κ2) is 6.56. The first-order chi connectivity index (χ1) is 3.27. The second-order valence-electron chi connectivity index (χ2n) is 1.22. The van der Waals surface area contributed by atoms with Gasteiger partial charge in [0.15, 0.2) is 0 Å². The predicted octanol–water partition coefficient (Wildman–Crippen LogP) is 1.15. The van der Waals surface area contributed by atoms with Gasteiger partial charge >= 0.3 is 5.97 Å². The maximum atomic E-state index is 9.71. The lowest BCUT2D eigenvalue weighted by atomic mass is 10.3. The van der Waals surface area contributed by atoms with Gasteiger partial charge in [0.25, 0.3) is 0 Å². The summed E-state index contributed by atoms with van der Waals surface area (Å²) in [5, 5.41) is 8.00. The summed E-state index contributed by atoms with van der Waals surface area (Å²) in [6, 6.07) is 0. The molecule has 0 unspecified atom stereocenters. The molecule has 0 aromatic rings.